The van der Waals surface area contributed by atoms with E-state index in [1.807, 2.05) is 12.1 Å². The van der Waals surface area contributed by atoms with E-state index in [0.29, 0.717) is 6.61 Å². The molecule has 9 nitrogen and oxygen atoms in total. The molecule has 0 aliphatic carbocycles. The van der Waals surface area contributed by atoms with Crippen LogP contribution in [-0.2, 0) is 14.3 Å². The summed E-state index contributed by atoms with van der Waals surface area (Å²) in [5, 5.41) is 23.2. The van der Waals surface area contributed by atoms with Crippen molar-refractivity contribution < 1.29 is 60.7 Å². The summed E-state index contributed by atoms with van der Waals surface area (Å²) in [7, 11) is 0. The monoisotopic (exact) mass is 492 g/mol. The van der Waals surface area contributed by atoms with Crippen LogP contribution in [0.5, 0.6) is 5.75 Å². The number of pyridine rings is 1. The number of likely N-dealkylation sites (tertiary alicyclic amines) is 1. The van der Waals surface area contributed by atoms with Gasteiger partial charge >= 0.3 is 24.3 Å². The number of carbonyl (C=O) groups is 2. The summed E-state index contributed by atoms with van der Waals surface area (Å²) >= 11 is 0. The number of nitrogens with zero attached hydrogens (tertiary/aromatic N) is 2. The van der Waals surface area contributed by atoms with Gasteiger partial charge in [-0.1, -0.05) is 0 Å². The number of carboxylic acids is 2. The Bertz CT molecular complexity index is 739. The molecule has 1 aromatic heterocycles. The normalized spacial score (nSPS) is 22.7. The largest absolute Gasteiger partial charge is 0.490 e. The van der Waals surface area contributed by atoms with Crippen LogP contribution >= 0.6 is 0 Å². The van der Waals surface area contributed by atoms with E-state index in [4.69, 9.17) is 34.4 Å². The van der Waals surface area contributed by atoms with Gasteiger partial charge in [-0.3, -0.25) is 9.88 Å². The predicted octanol–water partition coefficient (Wildman–Crippen LogP) is 1.95. The van der Waals surface area contributed by atoms with Crippen LogP contribution in [-0.4, -0.2) is 94.0 Å². The number of aliphatic hydroxyl groups excluding tert-OH is 1. The van der Waals surface area contributed by atoms with Gasteiger partial charge in [-0.25, -0.2) is 9.59 Å². The van der Waals surface area contributed by atoms with E-state index < -0.39 is 24.3 Å². The van der Waals surface area contributed by atoms with Crippen LogP contribution in [0.4, 0.5) is 26.3 Å². The third-order valence-electron chi connectivity index (χ3n) is 4.41. The molecule has 0 saturated carbocycles. The molecular weight excluding hydrogens is 470 g/mol. The lowest BCUT2D eigenvalue weighted by Gasteiger charge is -2.23. The van der Waals surface area contributed by atoms with Crippen molar-refractivity contribution in [1.29, 1.82) is 0 Å². The van der Waals surface area contributed by atoms with Crippen LogP contribution in [0.25, 0.3) is 0 Å². The number of β-amino-alcohol motifs (C(OH)–C–C–N with tert-alkyl or cyclic N) is 1. The third-order valence-corrected chi connectivity index (χ3v) is 4.41. The summed E-state index contributed by atoms with van der Waals surface area (Å²) in [6, 6.07) is 3.80. The van der Waals surface area contributed by atoms with Gasteiger partial charge < -0.3 is 24.8 Å². The molecule has 2 saturated heterocycles. The van der Waals surface area contributed by atoms with Crippen LogP contribution in [0, 0.1) is 0 Å². The molecule has 2 fully saturated rings. The van der Waals surface area contributed by atoms with Crippen molar-refractivity contribution in [2.24, 2.45) is 0 Å². The van der Waals surface area contributed by atoms with Crippen molar-refractivity contribution in [3.8, 4) is 5.75 Å². The van der Waals surface area contributed by atoms with Gasteiger partial charge in [0.15, 0.2) is 0 Å². The van der Waals surface area contributed by atoms with Gasteiger partial charge in [-0.2, -0.15) is 26.3 Å². The number of carboxylic acid groups (broad SMARTS) is 2. The summed E-state index contributed by atoms with van der Waals surface area (Å²) in [6.45, 7) is 3.49. The van der Waals surface area contributed by atoms with Crippen LogP contribution in [0.1, 0.15) is 12.8 Å². The van der Waals surface area contributed by atoms with Crippen molar-refractivity contribution in [3.05, 3.63) is 24.5 Å². The Balaban J connectivity index is 0.000000324. The number of alkyl halides is 6. The van der Waals surface area contributed by atoms with Gasteiger partial charge in [0.1, 0.15) is 11.9 Å². The topological polar surface area (TPSA) is 129 Å². The smallest absolute Gasteiger partial charge is 0.486 e. The fourth-order valence-corrected chi connectivity index (χ4v) is 3.03. The second-order valence-electron chi connectivity index (χ2n) is 6.98. The lowest BCUT2D eigenvalue weighted by Crippen LogP contribution is -2.34. The summed E-state index contributed by atoms with van der Waals surface area (Å²) < 4.78 is 75.4. The van der Waals surface area contributed by atoms with Crippen LogP contribution in [0.3, 0.4) is 0 Å². The molecule has 15 heteroatoms. The number of rotatable bonds is 4. The van der Waals surface area contributed by atoms with Gasteiger partial charge in [0.05, 0.1) is 25.0 Å². The average molecular weight is 492 g/mol. The molecule has 3 heterocycles. The van der Waals surface area contributed by atoms with Gasteiger partial charge in [0, 0.05) is 32.3 Å². The molecule has 2 atom stereocenters. The minimum absolute atomic E-state index is 0.0674. The number of halogens is 6. The van der Waals surface area contributed by atoms with E-state index in [1.54, 1.807) is 12.4 Å². The van der Waals surface area contributed by atoms with Crippen molar-refractivity contribution in [3.63, 3.8) is 0 Å². The fourth-order valence-electron chi connectivity index (χ4n) is 3.03. The van der Waals surface area contributed by atoms with Crippen LogP contribution in [0.2, 0.25) is 0 Å². The van der Waals surface area contributed by atoms with E-state index in [0.717, 1.165) is 38.2 Å². The van der Waals surface area contributed by atoms with E-state index in [-0.39, 0.29) is 18.3 Å². The van der Waals surface area contributed by atoms with E-state index in [9.17, 15) is 26.3 Å². The maximum atomic E-state index is 10.6. The second kappa shape index (κ2) is 12.0. The van der Waals surface area contributed by atoms with Crippen LogP contribution in [0.15, 0.2) is 24.5 Å². The summed E-state index contributed by atoms with van der Waals surface area (Å²) in [4.78, 5) is 24.1. The van der Waals surface area contributed by atoms with Crippen LogP contribution < -0.4 is 4.74 Å². The highest BCUT2D eigenvalue weighted by molar-refractivity contribution is 5.73. The van der Waals surface area contributed by atoms with Crippen molar-refractivity contribution in [2.75, 3.05) is 32.8 Å². The minimum atomic E-state index is -5.08. The maximum absolute atomic E-state index is 10.6. The highest BCUT2D eigenvalue weighted by atomic mass is 19.4. The Morgan fingerprint density at radius 3 is 2.21 bits per heavy atom. The predicted molar refractivity (Wildman–Crippen MR) is 97.5 cm³/mol. The minimum Gasteiger partial charge on any atom is -0.486 e. The molecule has 0 radical (unpaired) electrons. The van der Waals surface area contributed by atoms with Gasteiger partial charge in [-0.05, 0) is 18.6 Å². The standard InChI is InChI=1S/C14H20N2O3.2C2HF3O2/c17-7-6-16-5-3-14(11-16)8-13(10-18-14)19-12-2-1-4-15-9-12;2*3-2(4,5)1(6)7/h1-2,4,9,13,17H,3,5-8,10-11H2;2*(H,6,7). The molecule has 3 N–H and O–H groups in total. The first-order valence-electron chi connectivity index (χ1n) is 9.32. The Labute approximate surface area is 183 Å². The van der Waals surface area contributed by atoms with E-state index >= 15 is 0 Å². The average Bonchev–Trinajstić information content (AvgIpc) is 3.28. The number of hydrogen-bond acceptors (Lipinski definition) is 7. The number of hydrogen-bond donors (Lipinski definition) is 3. The molecule has 3 rings (SSSR count). The molecule has 2 aliphatic rings. The molecule has 0 amide bonds. The number of aliphatic hydroxyl groups is 1. The van der Waals surface area contributed by atoms with Crippen molar-refractivity contribution in [2.45, 2.75) is 36.9 Å². The fraction of sp³-hybridized carbons (Fsp3) is 0.611. The zero-order chi connectivity index (χ0) is 25.3. The first-order valence-corrected chi connectivity index (χ1v) is 9.32. The molecule has 33 heavy (non-hydrogen) atoms. The van der Waals surface area contributed by atoms with E-state index in [1.165, 1.54) is 0 Å². The summed E-state index contributed by atoms with van der Waals surface area (Å²) in [5.41, 5.74) is -0.0674. The van der Waals surface area contributed by atoms with Crippen molar-refractivity contribution in [1.82, 2.24) is 9.88 Å². The lowest BCUT2D eigenvalue weighted by atomic mass is 9.98. The molecule has 0 bridgehead atoms. The number of aromatic nitrogens is 1. The summed E-state index contributed by atoms with van der Waals surface area (Å²) in [5.74, 6) is -4.71. The zero-order valence-corrected chi connectivity index (χ0v) is 17.0. The lowest BCUT2D eigenvalue weighted by molar-refractivity contribution is -0.193. The second-order valence-corrected chi connectivity index (χ2v) is 6.98. The molecule has 188 valence electrons. The number of aliphatic carboxylic acids is 2. The highest BCUT2D eigenvalue weighted by Gasteiger charge is 2.46. The SMILES string of the molecule is O=C(O)C(F)(F)F.O=C(O)C(F)(F)F.OCCN1CCC2(CC(Oc3cccnc3)CO2)C1. The number of ether oxygens (including phenoxy) is 2. The van der Waals surface area contributed by atoms with Gasteiger partial charge in [0.25, 0.3) is 0 Å². The molecule has 2 aliphatic heterocycles. The Hall–Kier alpha value is -2.65. The van der Waals surface area contributed by atoms with E-state index in [2.05, 4.69) is 9.88 Å². The molecular formula is C18H22F6N2O7. The Morgan fingerprint density at radius 2 is 1.76 bits per heavy atom. The highest BCUT2D eigenvalue weighted by Crippen LogP contribution is 2.36. The molecule has 1 aromatic rings. The first-order chi connectivity index (χ1) is 15.2. The van der Waals surface area contributed by atoms with Gasteiger partial charge in [-0.15, -0.1) is 0 Å². The summed E-state index contributed by atoms with van der Waals surface area (Å²) in [6.07, 6.45) is -4.64. The van der Waals surface area contributed by atoms with Gasteiger partial charge in [0.2, 0.25) is 0 Å². The molecule has 0 aromatic carbocycles. The molecule has 2 unspecified atom stereocenters. The zero-order valence-electron chi connectivity index (χ0n) is 17.0. The first kappa shape index (κ1) is 28.4. The molecule has 1 spiro atoms. The Kier molecular flexibility index (Phi) is 10.3. The third kappa shape index (κ3) is 10.2. The quantitative estimate of drug-likeness (QED) is 0.540. The van der Waals surface area contributed by atoms with Crippen molar-refractivity contribution >= 4 is 11.9 Å². The maximum Gasteiger partial charge on any atom is 0.490 e. The Morgan fingerprint density at radius 1 is 1.18 bits per heavy atom.